The minimum Gasteiger partial charge on any atom is -0.501 e. The second kappa shape index (κ2) is 4.78. The van der Waals surface area contributed by atoms with Crippen LogP contribution in [0.25, 0.3) is 10.7 Å². The van der Waals surface area contributed by atoms with Gasteiger partial charge in [-0.05, 0) is 11.4 Å². The zero-order valence-corrected chi connectivity index (χ0v) is 10.8. The van der Waals surface area contributed by atoms with Gasteiger partial charge in [0.2, 0.25) is 5.75 Å². The van der Waals surface area contributed by atoms with Gasteiger partial charge in [-0.2, -0.15) is 0 Å². The topological polar surface area (TPSA) is 130 Å². The van der Waals surface area contributed by atoms with Gasteiger partial charge in [-0.25, -0.2) is 14.6 Å². The van der Waals surface area contributed by atoms with E-state index in [4.69, 9.17) is 10.2 Å². The summed E-state index contributed by atoms with van der Waals surface area (Å²) < 4.78 is 0.903. The van der Waals surface area contributed by atoms with Crippen molar-refractivity contribution in [1.82, 2.24) is 9.55 Å². The highest BCUT2D eigenvalue weighted by molar-refractivity contribution is 7.13. The number of rotatable bonds is 3. The van der Waals surface area contributed by atoms with Crippen molar-refractivity contribution in [3.8, 4) is 16.5 Å². The fourth-order valence-corrected chi connectivity index (χ4v) is 2.50. The monoisotopic (exact) mass is 296 g/mol. The second-order valence-corrected chi connectivity index (χ2v) is 4.69. The zero-order chi connectivity index (χ0) is 15.0. The van der Waals surface area contributed by atoms with E-state index in [2.05, 4.69) is 4.98 Å². The molecule has 20 heavy (non-hydrogen) atoms. The lowest BCUT2D eigenvalue weighted by molar-refractivity contribution is 0.0681. The average molecular weight is 296 g/mol. The number of carboxylic acids is 2. The van der Waals surface area contributed by atoms with Crippen molar-refractivity contribution in [3.63, 3.8) is 0 Å². The smallest absolute Gasteiger partial charge is 0.358 e. The first-order valence-electron chi connectivity index (χ1n) is 5.19. The fraction of sp³-hybridized carbons (Fsp3) is 0.0909. The molecule has 2 heterocycles. The highest BCUT2D eigenvalue weighted by atomic mass is 32.1. The van der Waals surface area contributed by atoms with E-state index in [1.54, 1.807) is 0 Å². The molecule has 3 N–H and O–H groups in total. The van der Waals surface area contributed by atoms with Crippen molar-refractivity contribution < 1.29 is 24.9 Å². The van der Waals surface area contributed by atoms with Gasteiger partial charge in [0, 0.05) is 7.05 Å². The number of carboxylic acid groups (broad SMARTS) is 2. The van der Waals surface area contributed by atoms with E-state index in [1.165, 1.54) is 18.5 Å². The third kappa shape index (κ3) is 2.03. The molecular formula is C11H8N2O6S. The Morgan fingerprint density at radius 1 is 1.30 bits per heavy atom. The van der Waals surface area contributed by atoms with Gasteiger partial charge in [0.15, 0.2) is 11.5 Å². The van der Waals surface area contributed by atoms with Crippen LogP contribution in [0.1, 0.15) is 20.8 Å². The first-order valence-corrected chi connectivity index (χ1v) is 6.07. The van der Waals surface area contributed by atoms with Crippen LogP contribution in [0.15, 0.2) is 16.2 Å². The van der Waals surface area contributed by atoms with Crippen molar-refractivity contribution in [3.05, 3.63) is 33.1 Å². The van der Waals surface area contributed by atoms with Gasteiger partial charge >= 0.3 is 11.9 Å². The summed E-state index contributed by atoms with van der Waals surface area (Å²) in [6.07, 6.45) is 0. The second-order valence-electron chi connectivity index (χ2n) is 3.77. The Balaban J connectivity index is 2.81. The first kappa shape index (κ1) is 13.7. The van der Waals surface area contributed by atoms with E-state index in [9.17, 15) is 19.5 Å². The number of thiophene rings is 1. The molecule has 0 spiro atoms. The van der Waals surface area contributed by atoms with Crippen LogP contribution in [0.3, 0.4) is 0 Å². The molecule has 0 bridgehead atoms. The Kier molecular flexibility index (Phi) is 3.28. The molecule has 2 aromatic rings. The van der Waals surface area contributed by atoms with E-state index in [0.29, 0.717) is 0 Å². The lowest BCUT2D eigenvalue weighted by Gasteiger charge is -2.08. The molecule has 0 atom stereocenters. The van der Waals surface area contributed by atoms with Gasteiger partial charge in [-0.15, -0.1) is 11.3 Å². The molecule has 0 unspecified atom stereocenters. The molecule has 0 aliphatic rings. The number of aromatic carboxylic acids is 2. The van der Waals surface area contributed by atoms with Gasteiger partial charge in [0.05, 0.1) is 10.4 Å². The van der Waals surface area contributed by atoms with Gasteiger partial charge in [-0.1, -0.05) is 0 Å². The maximum absolute atomic E-state index is 11.8. The predicted molar refractivity (Wildman–Crippen MR) is 68.4 cm³/mol. The third-order valence-corrected chi connectivity index (χ3v) is 3.48. The van der Waals surface area contributed by atoms with Crippen molar-refractivity contribution >= 4 is 23.3 Å². The van der Waals surface area contributed by atoms with E-state index < -0.39 is 28.9 Å². The lowest BCUT2D eigenvalue weighted by atomic mass is 10.2. The summed E-state index contributed by atoms with van der Waals surface area (Å²) in [6.45, 7) is 0. The van der Waals surface area contributed by atoms with Crippen LogP contribution >= 0.6 is 11.3 Å². The van der Waals surface area contributed by atoms with E-state index in [1.807, 2.05) is 0 Å². The predicted octanol–water partition coefficient (Wildman–Crippen LogP) is 0.611. The number of aromatic nitrogens is 2. The van der Waals surface area contributed by atoms with Crippen molar-refractivity contribution in [1.29, 1.82) is 0 Å². The Hall–Kier alpha value is -2.68. The summed E-state index contributed by atoms with van der Waals surface area (Å²) in [7, 11) is 1.27. The molecule has 0 aliphatic heterocycles. The summed E-state index contributed by atoms with van der Waals surface area (Å²) >= 11 is 1.00. The molecule has 0 fully saturated rings. The quantitative estimate of drug-likeness (QED) is 0.756. The van der Waals surface area contributed by atoms with Gasteiger partial charge in [0.25, 0.3) is 5.56 Å². The van der Waals surface area contributed by atoms with Crippen LogP contribution < -0.4 is 5.56 Å². The largest absolute Gasteiger partial charge is 0.501 e. The van der Waals surface area contributed by atoms with E-state index in [-0.39, 0.29) is 16.3 Å². The normalized spacial score (nSPS) is 10.4. The van der Waals surface area contributed by atoms with Crippen LogP contribution in [0.5, 0.6) is 5.75 Å². The van der Waals surface area contributed by atoms with Crippen molar-refractivity contribution in [2.45, 2.75) is 0 Å². The molecule has 0 amide bonds. The van der Waals surface area contributed by atoms with Gasteiger partial charge < -0.3 is 15.3 Å². The molecule has 0 radical (unpaired) electrons. The zero-order valence-electron chi connectivity index (χ0n) is 10.0. The molecule has 0 saturated carbocycles. The highest BCUT2D eigenvalue weighted by Gasteiger charge is 2.23. The number of carbonyl (C=O) groups is 2. The van der Waals surface area contributed by atoms with Crippen molar-refractivity contribution in [2.24, 2.45) is 7.05 Å². The molecule has 8 nitrogen and oxygen atoms in total. The fourth-order valence-electron chi connectivity index (χ4n) is 1.59. The standard InChI is InChI=1S/C11H8N2O6S/c1-13-8(7-4(10(16)17)2-3-20-7)12-5(11(18)19)6(14)9(13)15/h2-3,14H,1H3,(H,16,17)(H,18,19). The summed E-state index contributed by atoms with van der Waals surface area (Å²) in [5, 5.41) is 28.9. The number of hydrogen-bond acceptors (Lipinski definition) is 6. The Morgan fingerprint density at radius 2 is 1.95 bits per heavy atom. The molecule has 2 rings (SSSR count). The number of nitrogens with zero attached hydrogens (tertiary/aromatic N) is 2. The van der Waals surface area contributed by atoms with Crippen LogP contribution in [0.2, 0.25) is 0 Å². The lowest BCUT2D eigenvalue weighted by Crippen LogP contribution is -2.23. The third-order valence-electron chi connectivity index (χ3n) is 2.57. The van der Waals surface area contributed by atoms with E-state index in [0.717, 1.165) is 15.9 Å². The Bertz CT molecular complexity index is 776. The van der Waals surface area contributed by atoms with E-state index >= 15 is 0 Å². The minimum atomic E-state index is -1.57. The van der Waals surface area contributed by atoms with Crippen LogP contribution in [-0.4, -0.2) is 36.8 Å². The molecule has 9 heteroatoms. The van der Waals surface area contributed by atoms with Gasteiger partial charge in [0.1, 0.15) is 0 Å². The Morgan fingerprint density at radius 3 is 2.50 bits per heavy atom. The summed E-state index contributed by atoms with van der Waals surface area (Å²) in [5.41, 5.74) is -1.87. The molecule has 2 aromatic heterocycles. The van der Waals surface area contributed by atoms with Crippen molar-refractivity contribution in [2.75, 3.05) is 0 Å². The summed E-state index contributed by atoms with van der Waals surface area (Å²) in [6, 6.07) is 1.32. The van der Waals surface area contributed by atoms with Gasteiger partial charge in [-0.3, -0.25) is 9.36 Å². The summed E-state index contributed by atoms with van der Waals surface area (Å²) in [4.78, 5) is 37.6. The van der Waals surface area contributed by atoms with Crippen LogP contribution in [0.4, 0.5) is 0 Å². The molecular weight excluding hydrogens is 288 g/mol. The Labute approximate surface area is 115 Å². The molecule has 0 aromatic carbocycles. The maximum atomic E-state index is 11.8. The first-order chi connectivity index (χ1) is 9.34. The number of hydrogen-bond donors (Lipinski definition) is 3. The molecule has 104 valence electrons. The number of aromatic hydroxyl groups is 1. The highest BCUT2D eigenvalue weighted by Crippen LogP contribution is 2.28. The van der Waals surface area contributed by atoms with Crippen LogP contribution in [-0.2, 0) is 7.05 Å². The van der Waals surface area contributed by atoms with Crippen LogP contribution in [0, 0.1) is 0 Å². The minimum absolute atomic E-state index is 0.0977. The molecule has 0 aliphatic carbocycles. The maximum Gasteiger partial charge on any atom is 0.358 e. The molecule has 0 saturated heterocycles. The summed E-state index contributed by atoms with van der Waals surface area (Å²) in [5.74, 6) is -3.91. The SMILES string of the molecule is Cn1c(-c2sccc2C(=O)O)nc(C(=O)O)c(O)c1=O. The average Bonchev–Trinajstić information content (AvgIpc) is 2.85.